The molecule has 2 aromatic rings. The Kier molecular flexibility index (Phi) is 9.22. The van der Waals surface area contributed by atoms with Crippen LogP contribution in [-0.4, -0.2) is 19.9 Å². The van der Waals surface area contributed by atoms with Crippen molar-refractivity contribution in [1.82, 2.24) is 19.9 Å². The van der Waals surface area contributed by atoms with Gasteiger partial charge in [-0.25, -0.2) is 15.0 Å². The molecule has 0 aromatic carbocycles. The van der Waals surface area contributed by atoms with Gasteiger partial charge in [-0.2, -0.15) is 0 Å². The second kappa shape index (κ2) is 10.5. The molecule has 2 rings (SSSR count). The summed E-state index contributed by atoms with van der Waals surface area (Å²) in [5.74, 6) is 1.37. The number of nitrogens with zero attached hydrogens (tertiary/aromatic N) is 4. The van der Waals surface area contributed by atoms with Gasteiger partial charge in [-0.1, -0.05) is 27.7 Å². The summed E-state index contributed by atoms with van der Waals surface area (Å²) >= 11 is 0. The molecule has 0 bridgehead atoms. The fourth-order valence-corrected chi connectivity index (χ4v) is 0.859. The number of hydrogen-bond acceptors (Lipinski definition) is 5. The van der Waals surface area contributed by atoms with E-state index in [1.807, 2.05) is 27.7 Å². The third kappa shape index (κ3) is 6.19. The quantitative estimate of drug-likeness (QED) is 0.863. The molecule has 0 atom stereocenters. The molecule has 0 amide bonds. The Morgan fingerprint density at radius 3 is 2.12 bits per heavy atom. The zero-order valence-electron chi connectivity index (χ0n) is 10.8. The number of hydrogen-bond donors (Lipinski definition) is 1. The van der Waals surface area contributed by atoms with Crippen LogP contribution in [0.25, 0.3) is 0 Å². The normalized spacial score (nSPS) is 8.00. The summed E-state index contributed by atoms with van der Waals surface area (Å²) in [4.78, 5) is 15.7. The van der Waals surface area contributed by atoms with Crippen LogP contribution in [0.15, 0.2) is 37.2 Å². The lowest BCUT2D eigenvalue weighted by Gasteiger charge is -2.01. The lowest BCUT2D eigenvalue weighted by atomic mass is 10.5. The molecule has 0 spiro atoms. The Balaban J connectivity index is 0.000000581. The van der Waals surface area contributed by atoms with E-state index in [1.54, 1.807) is 30.9 Å². The van der Waals surface area contributed by atoms with Crippen LogP contribution in [0.4, 0.5) is 11.6 Å². The molecule has 92 valence electrons. The minimum Gasteiger partial charge on any atom is -0.324 e. The highest BCUT2D eigenvalue weighted by Crippen LogP contribution is 2.06. The first kappa shape index (κ1) is 15.0. The van der Waals surface area contributed by atoms with Gasteiger partial charge in [0.15, 0.2) is 0 Å². The van der Waals surface area contributed by atoms with Gasteiger partial charge < -0.3 is 5.32 Å². The van der Waals surface area contributed by atoms with Crippen LogP contribution in [0.5, 0.6) is 0 Å². The molecule has 5 heteroatoms. The zero-order valence-corrected chi connectivity index (χ0v) is 10.8. The molecule has 1 N–H and O–H groups in total. The Hall–Kier alpha value is -2.04. The Labute approximate surface area is 102 Å². The van der Waals surface area contributed by atoms with Crippen molar-refractivity contribution in [2.24, 2.45) is 0 Å². The van der Waals surface area contributed by atoms with Crippen LogP contribution >= 0.6 is 0 Å². The van der Waals surface area contributed by atoms with Crippen molar-refractivity contribution in [3.63, 3.8) is 0 Å². The first-order valence-electron chi connectivity index (χ1n) is 5.74. The molecular formula is C12H19N5. The van der Waals surface area contributed by atoms with E-state index in [2.05, 4.69) is 25.3 Å². The van der Waals surface area contributed by atoms with Gasteiger partial charge in [0.25, 0.3) is 0 Å². The zero-order chi connectivity index (χ0) is 12.9. The number of rotatable bonds is 2. The maximum Gasteiger partial charge on any atom is 0.150 e. The summed E-state index contributed by atoms with van der Waals surface area (Å²) in [6.07, 6.45) is 7.99. The minimum atomic E-state index is 0.668. The van der Waals surface area contributed by atoms with Crippen molar-refractivity contribution < 1.29 is 0 Å². The van der Waals surface area contributed by atoms with Crippen molar-refractivity contribution in [1.29, 1.82) is 0 Å². The third-order valence-corrected chi connectivity index (χ3v) is 1.40. The summed E-state index contributed by atoms with van der Waals surface area (Å²) in [5, 5.41) is 2.98. The topological polar surface area (TPSA) is 63.6 Å². The number of anilines is 2. The largest absolute Gasteiger partial charge is 0.324 e. The van der Waals surface area contributed by atoms with Crippen molar-refractivity contribution >= 4 is 11.6 Å². The second-order valence-corrected chi connectivity index (χ2v) is 2.31. The highest BCUT2D eigenvalue weighted by Gasteiger charge is 1.93. The first-order valence-corrected chi connectivity index (χ1v) is 5.74. The van der Waals surface area contributed by atoms with Crippen LogP contribution in [-0.2, 0) is 0 Å². The highest BCUT2D eigenvalue weighted by atomic mass is 15.1. The van der Waals surface area contributed by atoms with E-state index in [0.29, 0.717) is 11.6 Å². The average molecular weight is 233 g/mol. The predicted molar refractivity (Wildman–Crippen MR) is 70.0 cm³/mol. The van der Waals surface area contributed by atoms with Gasteiger partial charge in [-0.3, -0.25) is 4.98 Å². The predicted octanol–water partition coefficient (Wildman–Crippen LogP) is 3.06. The molecule has 2 aromatic heterocycles. The molecule has 0 unspecified atom stereocenters. The highest BCUT2D eigenvalue weighted by molar-refractivity contribution is 5.48. The van der Waals surface area contributed by atoms with Gasteiger partial charge in [0, 0.05) is 18.6 Å². The van der Waals surface area contributed by atoms with Crippen LogP contribution in [0.2, 0.25) is 0 Å². The Morgan fingerprint density at radius 2 is 1.59 bits per heavy atom. The lowest BCUT2D eigenvalue weighted by molar-refractivity contribution is 1.14. The van der Waals surface area contributed by atoms with E-state index < -0.39 is 0 Å². The maximum absolute atomic E-state index is 4.04. The van der Waals surface area contributed by atoms with E-state index in [0.717, 1.165) is 0 Å². The second-order valence-electron chi connectivity index (χ2n) is 2.31. The fraction of sp³-hybridized carbons (Fsp3) is 0.333. The van der Waals surface area contributed by atoms with Gasteiger partial charge in [0.1, 0.15) is 18.0 Å². The van der Waals surface area contributed by atoms with Crippen molar-refractivity contribution in [2.75, 3.05) is 5.32 Å². The molecule has 0 radical (unpaired) electrons. The summed E-state index contributed by atoms with van der Waals surface area (Å²) in [6.45, 7) is 8.00. The summed E-state index contributed by atoms with van der Waals surface area (Å²) in [6, 6.07) is 1.76. The van der Waals surface area contributed by atoms with Crippen molar-refractivity contribution in [3.8, 4) is 0 Å². The van der Waals surface area contributed by atoms with Crippen LogP contribution in [0.3, 0.4) is 0 Å². The lowest BCUT2D eigenvalue weighted by Crippen LogP contribution is -1.95. The minimum absolute atomic E-state index is 0.668. The first-order chi connectivity index (χ1) is 8.45. The van der Waals surface area contributed by atoms with Gasteiger partial charge >= 0.3 is 0 Å². The molecule has 2 heterocycles. The fourth-order valence-electron chi connectivity index (χ4n) is 0.859. The van der Waals surface area contributed by atoms with Gasteiger partial charge in [-0.15, -0.1) is 0 Å². The molecule has 17 heavy (non-hydrogen) atoms. The molecule has 0 fully saturated rings. The average Bonchev–Trinajstić information content (AvgIpc) is 2.45. The van der Waals surface area contributed by atoms with E-state index in [4.69, 9.17) is 0 Å². The molecule has 0 aliphatic heterocycles. The molecule has 0 aliphatic rings. The monoisotopic (exact) mass is 233 g/mol. The molecule has 0 aliphatic carbocycles. The number of nitrogens with one attached hydrogen (secondary N) is 1. The van der Waals surface area contributed by atoms with Gasteiger partial charge in [0.05, 0.1) is 6.20 Å². The Morgan fingerprint density at radius 1 is 0.824 bits per heavy atom. The van der Waals surface area contributed by atoms with E-state index in [9.17, 15) is 0 Å². The molecule has 5 nitrogen and oxygen atoms in total. The summed E-state index contributed by atoms with van der Waals surface area (Å²) in [5.41, 5.74) is 0. The van der Waals surface area contributed by atoms with Crippen LogP contribution < -0.4 is 5.32 Å². The van der Waals surface area contributed by atoms with Crippen LogP contribution in [0, 0.1) is 0 Å². The summed E-state index contributed by atoms with van der Waals surface area (Å²) < 4.78 is 0. The van der Waals surface area contributed by atoms with Gasteiger partial charge in [0.2, 0.25) is 0 Å². The van der Waals surface area contributed by atoms with Crippen molar-refractivity contribution in [2.45, 2.75) is 27.7 Å². The van der Waals surface area contributed by atoms with Crippen LogP contribution in [0.1, 0.15) is 27.7 Å². The van der Waals surface area contributed by atoms with Gasteiger partial charge in [-0.05, 0) is 6.07 Å². The molecule has 0 saturated carbocycles. The maximum atomic E-state index is 4.04. The standard InChI is InChI=1S/C8H7N5.2C2H6/c1-2-10-6-12-7(1)13-8-5-9-3-4-11-8;2*1-2/h1-6H,(H,10,11,12,13);2*1-2H3. The van der Waals surface area contributed by atoms with E-state index in [1.165, 1.54) is 6.33 Å². The molecule has 0 saturated heterocycles. The SMILES string of the molecule is CC.CC.c1cc(Nc2cnccn2)ncn1. The van der Waals surface area contributed by atoms with E-state index in [-0.39, 0.29) is 0 Å². The third-order valence-electron chi connectivity index (χ3n) is 1.40. The van der Waals surface area contributed by atoms with Crippen molar-refractivity contribution in [3.05, 3.63) is 37.2 Å². The molecular weight excluding hydrogens is 214 g/mol. The smallest absolute Gasteiger partial charge is 0.150 e. The number of aromatic nitrogens is 4. The summed E-state index contributed by atoms with van der Waals surface area (Å²) in [7, 11) is 0. The van der Waals surface area contributed by atoms with E-state index >= 15 is 0 Å². The Bertz CT molecular complexity index is 326.